The van der Waals surface area contributed by atoms with Gasteiger partial charge in [0, 0.05) is 18.3 Å². The minimum atomic E-state index is -0.458. The Bertz CT molecular complexity index is 506. The maximum atomic E-state index is 11.5. The summed E-state index contributed by atoms with van der Waals surface area (Å²) >= 11 is 3.13. The molecule has 2 rings (SSSR count). The zero-order chi connectivity index (χ0) is 13.3. The number of nitrogens with zero attached hydrogens (tertiary/aromatic N) is 2. The van der Waals surface area contributed by atoms with Gasteiger partial charge in [0.1, 0.15) is 6.04 Å². The molecular formula is C11H11BrN2O4. The first-order chi connectivity index (χ1) is 8.54. The molecule has 1 aromatic carbocycles. The first-order valence-electron chi connectivity index (χ1n) is 5.33. The highest BCUT2D eigenvalue weighted by Gasteiger charge is 2.35. The molecule has 0 amide bonds. The summed E-state index contributed by atoms with van der Waals surface area (Å²) in [4.78, 5) is 23.6. The summed E-state index contributed by atoms with van der Waals surface area (Å²) in [5.41, 5.74) is 0.648. The van der Waals surface area contributed by atoms with Crippen LogP contribution in [0.4, 0.5) is 11.4 Å². The van der Waals surface area contributed by atoms with Gasteiger partial charge in [-0.05, 0) is 34.5 Å². The maximum absolute atomic E-state index is 11.5. The molecule has 0 radical (unpaired) electrons. The van der Waals surface area contributed by atoms with E-state index in [-0.39, 0.29) is 17.7 Å². The molecule has 0 aliphatic carbocycles. The summed E-state index contributed by atoms with van der Waals surface area (Å²) in [6.45, 7) is 0.693. The summed E-state index contributed by atoms with van der Waals surface area (Å²) < 4.78 is 5.11. The standard InChI is InChI=1S/C11H11BrN2O4/c1-18-11(15)9-4-5-13(9)7-2-3-8(12)10(6-7)14(16)17/h2-3,6,9H,4-5H2,1H3. The first kappa shape index (κ1) is 12.8. The quantitative estimate of drug-likeness (QED) is 0.485. The molecule has 0 saturated carbocycles. The van der Waals surface area contributed by atoms with Crippen LogP contribution in [0, 0.1) is 10.1 Å². The van der Waals surface area contributed by atoms with Crippen LogP contribution in [0.15, 0.2) is 22.7 Å². The summed E-state index contributed by atoms with van der Waals surface area (Å²) in [6, 6.07) is 4.47. The van der Waals surface area contributed by atoms with Gasteiger partial charge in [0.25, 0.3) is 5.69 Å². The lowest BCUT2D eigenvalue weighted by atomic mass is 10.0. The third-order valence-corrected chi connectivity index (χ3v) is 3.62. The summed E-state index contributed by atoms with van der Waals surface area (Å²) in [5, 5.41) is 10.8. The lowest BCUT2D eigenvalue weighted by molar-refractivity contribution is -0.385. The second-order valence-corrected chi connectivity index (χ2v) is 4.77. The number of nitro groups is 1. The van der Waals surface area contributed by atoms with E-state index in [2.05, 4.69) is 20.7 Å². The van der Waals surface area contributed by atoms with Crippen molar-refractivity contribution in [2.75, 3.05) is 18.6 Å². The molecule has 0 spiro atoms. The predicted molar refractivity (Wildman–Crippen MR) is 68.6 cm³/mol. The lowest BCUT2D eigenvalue weighted by Gasteiger charge is -2.40. The molecule has 1 saturated heterocycles. The van der Waals surface area contributed by atoms with Crippen molar-refractivity contribution in [3.05, 3.63) is 32.8 Å². The van der Waals surface area contributed by atoms with Crippen molar-refractivity contribution < 1.29 is 14.5 Å². The van der Waals surface area contributed by atoms with Crippen LogP contribution in [0.1, 0.15) is 6.42 Å². The zero-order valence-corrected chi connectivity index (χ0v) is 11.2. The third kappa shape index (κ3) is 2.17. The van der Waals surface area contributed by atoms with Gasteiger partial charge in [0.2, 0.25) is 0 Å². The number of methoxy groups -OCH3 is 1. The number of carbonyl (C=O) groups excluding carboxylic acids is 1. The van der Waals surface area contributed by atoms with Crippen molar-refractivity contribution in [3.8, 4) is 0 Å². The smallest absolute Gasteiger partial charge is 0.328 e. The first-order valence-corrected chi connectivity index (χ1v) is 6.12. The van der Waals surface area contributed by atoms with E-state index in [1.165, 1.54) is 13.2 Å². The van der Waals surface area contributed by atoms with Crippen molar-refractivity contribution in [1.82, 2.24) is 0 Å². The number of anilines is 1. The topological polar surface area (TPSA) is 72.7 Å². The number of hydrogen-bond acceptors (Lipinski definition) is 5. The van der Waals surface area contributed by atoms with E-state index in [1.54, 1.807) is 17.0 Å². The molecule has 1 aliphatic heterocycles. The number of rotatable bonds is 3. The van der Waals surface area contributed by atoms with Crippen molar-refractivity contribution in [2.45, 2.75) is 12.5 Å². The van der Waals surface area contributed by atoms with Crippen LogP contribution in [0.5, 0.6) is 0 Å². The molecule has 96 valence electrons. The highest BCUT2D eigenvalue weighted by Crippen LogP contribution is 2.33. The van der Waals surface area contributed by atoms with E-state index < -0.39 is 4.92 Å². The molecule has 6 nitrogen and oxygen atoms in total. The average molecular weight is 315 g/mol. The van der Waals surface area contributed by atoms with Gasteiger partial charge in [-0.3, -0.25) is 10.1 Å². The Hall–Kier alpha value is -1.63. The van der Waals surface area contributed by atoms with E-state index in [1.807, 2.05) is 0 Å². The van der Waals surface area contributed by atoms with Crippen molar-refractivity contribution in [2.24, 2.45) is 0 Å². The average Bonchev–Trinajstić information content (AvgIpc) is 2.29. The van der Waals surface area contributed by atoms with Crippen LogP contribution in [-0.4, -0.2) is 30.6 Å². The van der Waals surface area contributed by atoms with Crippen LogP contribution in [0.25, 0.3) is 0 Å². The van der Waals surface area contributed by atoms with Gasteiger partial charge < -0.3 is 9.64 Å². The maximum Gasteiger partial charge on any atom is 0.328 e. The van der Waals surface area contributed by atoms with Crippen LogP contribution in [-0.2, 0) is 9.53 Å². The fourth-order valence-corrected chi connectivity index (χ4v) is 2.29. The molecule has 1 aliphatic rings. The van der Waals surface area contributed by atoms with Crippen molar-refractivity contribution in [3.63, 3.8) is 0 Å². The molecule has 18 heavy (non-hydrogen) atoms. The third-order valence-electron chi connectivity index (χ3n) is 2.95. The number of ether oxygens (including phenoxy) is 1. The zero-order valence-electron chi connectivity index (χ0n) is 9.63. The van der Waals surface area contributed by atoms with E-state index in [0.717, 1.165) is 0 Å². The Kier molecular flexibility index (Phi) is 3.51. The number of halogens is 1. The van der Waals surface area contributed by atoms with E-state index in [9.17, 15) is 14.9 Å². The Morgan fingerprint density at radius 2 is 2.33 bits per heavy atom. The number of esters is 1. The van der Waals surface area contributed by atoms with E-state index in [4.69, 9.17) is 0 Å². The van der Waals surface area contributed by atoms with Crippen LogP contribution < -0.4 is 4.90 Å². The summed E-state index contributed by atoms with van der Waals surface area (Å²) in [5.74, 6) is -0.313. The Labute approximate surface area is 112 Å². The number of nitro benzene ring substituents is 1. The summed E-state index contributed by atoms with van der Waals surface area (Å²) in [7, 11) is 1.34. The van der Waals surface area contributed by atoms with E-state index >= 15 is 0 Å². The van der Waals surface area contributed by atoms with Gasteiger partial charge in [-0.25, -0.2) is 4.79 Å². The van der Waals surface area contributed by atoms with Crippen molar-refractivity contribution >= 4 is 33.3 Å². The molecular weight excluding hydrogens is 304 g/mol. The minimum absolute atomic E-state index is 0.0111. The van der Waals surface area contributed by atoms with Gasteiger partial charge >= 0.3 is 5.97 Å². The molecule has 7 heteroatoms. The SMILES string of the molecule is COC(=O)C1CCN1c1ccc(Br)c([N+](=O)[O-])c1. The van der Waals surface area contributed by atoms with Crippen LogP contribution in [0.3, 0.4) is 0 Å². The number of benzene rings is 1. The molecule has 1 atom stereocenters. The Balaban J connectivity index is 2.27. The van der Waals surface area contributed by atoms with Gasteiger partial charge in [0.15, 0.2) is 0 Å². The number of carbonyl (C=O) groups is 1. The van der Waals surface area contributed by atoms with Gasteiger partial charge in [-0.1, -0.05) is 0 Å². The lowest BCUT2D eigenvalue weighted by Crippen LogP contribution is -2.53. The second-order valence-electron chi connectivity index (χ2n) is 3.91. The predicted octanol–water partition coefficient (Wildman–Crippen LogP) is 2.11. The molecule has 0 N–H and O–H groups in total. The van der Waals surface area contributed by atoms with Gasteiger partial charge in [-0.15, -0.1) is 0 Å². The normalized spacial score (nSPS) is 18.1. The molecule has 1 unspecified atom stereocenters. The van der Waals surface area contributed by atoms with E-state index in [0.29, 0.717) is 23.1 Å². The Morgan fingerprint density at radius 1 is 1.61 bits per heavy atom. The molecule has 1 fully saturated rings. The monoisotopic (exact) mass is 314 g/mol. The van der Waals surface area contributed by atoms with Crippen LogP contribution >= 0.6 is 15.9 Å². The molecule has 1 heterocycles. The fourth-order valence-electron chi connectivity index (χ4n) is 1.90. The van der Waals surface area contributed by atoms with Crippen molar-refractivity contribution in [1.29, 1.82) is 0 Å². The van der Waals surface area contributed by atoms with Gasteiger partial charge in [-0.2, -0.15) is 0 Å². The highest BCUT2D eigenvalue weighted by atomic mass is 79.9. The molecule has 0 aromatic heterocycles. The fraction of sp³-hybridized carbons (Fsp3) is 0.364. The van der Waals surface area contributed by atoms with Gasteiger partial charge in [0.05, 0.1) is 16.5 Å². The number of hydrogen-bond donors (Lipinski definition) is 0. The molecule has 1 aromatic rings. The molecule has 0 bridgehead atoms. The highest BCUT2D eigenvalue weighted by molar-refractivity contribution is 9.10. The summed E-state index contributed by atoms with van der Waals surface area (Å²) in [6.07, 6.45) is 0.705. The van der Waals surface area contributed by atoms with Crippen LogP contribution in [0.2, 0.25) is 0 Å². The largest absolute Gasteiger partial charge is 0.467 e. The minimum Gasteiger partial charge on any atom is -0.467 e. The second kappa shape index (κ2) is 4.93. The Morgan fingerprint density at radius 3 is 2.83 bits per heavy atom.